The van der Waals surface area contributed by atoms with Gasteiger partial charge in [-0.3, -0.25) is 0 Å². The first-order valence-corrected chi connectivity index (χ1v) is 5.05. The van der Waals surface area contributed by atoms with Crippen LogP contribution in [0.4, 0.5) is 11.5 Å². The fourth-order valence-electron chi connectivity index (χ4n) is 1.39. The molecule has 90 valence electrons. The van der Waals surface area contributed by atoms with Gasteiger partial charge < -0.3 is 15.7 Å². The van der Waals surface area contributed by atoms with Crippen LogP contribution >= 0.6 is 0 Å². The standard InChI is InChI=1S/C11H14N4O2/c1-7(4-12)6-15(2)10-3-8(11(16)17)9(13)5-14-10/h3,5,7H,6,13H2,1-2H3,(H,16,17). The lowest BCUT2D eigenvalue weighted by atomic mass is 10.2. The molecule has 0 fully saturated rings. The molecule has 1 aromatic rings. The van der Waals surface area contributed by atoms with Crippen molar-refractivity contribution in [3.8, 4) is 6.07 Å². The second kappa shape index (κ2) is 5.16. The number of anilines is 2. The van der Waals surface area contributed by atoms with E-state index < -0.39 is 5.97 Å². The van der Waals surface area contributed by atoms with Gasteiger partial charge in [-0.25, -0.2) is 9.78 Å². The van der Waals surface area contributed by atoms with Gasteiger partial charge in [0.05, 0.1) is 29.4 Å². The molecule has 1 heterocycles. The van der Waals surface area contributed by atoms with E-state index in [2.05, 4.69) is 11.1 Å². The number of nitrogens with two attached hydrogens (primary N) is 1. The monoisotopic (exact) mass is 234 g/mol. The van der Waals surface area contributed by atoms with Crippen LogP contribution in [-0.2, 0) is 0 Å². The Morgan fingerprint density at radius 2 is 2.41 bits per heavy atom. The quantitative estimate of drug-likeness (QED) is 0.804. The zero-order valence-electron chi connectivity index (χ0n) is 9.71. The summed E-state index contributed by atoms with van der Waals surface area (Å²) in [7, 11) is 1.75. The maximum atomic E-state index is 10.9. The number of nitrogens with zero attached hydrogens (tertiary/aromatic N) is 3. The van der Waals surface area contributed by atoms with Gasteiger partial charge in [0.1, 0.15) is 5.82 Å². The summed E-state index contributed by atoms with van der Waals surface area (Å²) in [6.07, 6.45) is 1.31. The van der Waals surface area contributed by atoms with E-state index in [0.29, 0.717) is 12.4 Å². The van der Waals surface area contributed by atoms with Gasteiger partial charge in [0, 0.05) is 13.6 Å². The molecule has 0 radical (unpaired) electrons. The molecule has 0 saturated carbocycles. The normalized spacial score (nSPS) is 11.6. The lowest BCUT2D eigenvalue weighted by molar-refractivity contribution is 0.0698. The average molecular weight is 234 g/mol. The zero-order chi connectivity index (χ0) is 13.0. The number of hydrogen-bond donors (Lipinski definition) is 2. The van der Waals surface area contributed by atoms with E-state index in [-0.39, 0.29) is 17.2 Å². The Hall–Kier alpha value is -2.29. The summed E-state index contributed by atoms with van der Waals surface area (Å²) in [4.78, 5) is 16.7. The molecule has 0 spiro atoms. The van der Waals surface area contributed by atoms with Crippen molar-refractivity contribution in [1.82, 2.24) is 4.98 Å². The van der Waals surface area contributed by atoms with E-state index in [1.165, 1.54) is 12.3 Å². The minimum atomic E-state index is -1.09. The van der Waals surface area contributed by atoms with E-state index in [0.717, 1.165) is 0 Å². The first kappa shape index (κ1) is 12.8. The molecule has 17 heavy (non-hydrogen) atoms. The number of hydrogen-bond acceptors (Lipinski definition) is 5. The summed E-state index contributed by atoms with van der Waals surface area (Å²) in [6.45, 7) is 2.26. The third kappa shape index (κ3) is 3.08. The Morgan fingerprint density at radius 3 is 2.94 bits per heavy atom. The summed E-state index contributed by atoms with van der Waals surface area (Å²) >= 11 is 0. The number of nitriles is 1. The van der Waals surface area contributed by atoms with E-state index in [4.69, 9.17) is 16.1 Å². The third-order valence-corrected chi connectivity index (χ3v) is 2.31. The fraction of sp³-hybridized carbons (Fsp3) is 0.364. The van der Waals surface area contributed by atoms with Crippen LogP contribution in [0.2, 0.25) is 0 Å². The molecular formula is C11H14N4O2. The molecule has 0 aliphatic carbocycles. The summed E-state index contributed by atoms with van der Waals surface area (Å²) < 4.78 is 0. The highest BCUT2D eigenvalue weighted by Gasteiger charge is 2.13. The maximum Gasteiger partial charge on any atom is 0.337 e. The molecule has 6 heteroatoms. The van der Waals surface area contributed by atoms with Crippen molar-refractivity contribution in [2.45, 2.75) is 6.92 Å². The van der Waals surface area contributed by atoms with Gasteiger partial charge in [0.15, 0.2) is 0 Å². The second-order valence-electron chi connectivity index (χ2n) is 3.85. The Morgan fingerprint density at radius 1 is 1.76 bits per heavy atom. The molecular weight excluding hydrogens is 220 g/mol. The fourth-order valence-corrected chi connectivity index (χ4v) is 1.39. The van der Waals surface area contributed by atoms with Crippen molar-refractivity contribution < 1.29 is 9.90 Å². The highest BCUT2D eigenvalue weighted by molar-refractivity contribution is 5.94. The Kier molecular flexibility index (Phi) is 3.88. The molecule has 0 bridgehead atoms. The molecule has 3 N–H and O–H groups in total. The first-order chi connectivity index (χ1) is 7.95. The van der Waals surface area contributed by atoms with Gasteiger partial charge in [-0.15, -0.1) is 0 Å². The topological polar surface area (TPSA) is 103 Å². The van der Waals surface area contributed by atoms with Crippen molar-refractivity contribution in [3.63, 3.8) is 0 Å². The first-order valence-electron chi connectivity index (χ1n) is 5.05. The number of aromatic carboxylic acids is 1. The van der Waals surface area contributed by atoms with Crippen LogP contribution in [0.3, 0.4) is 0 Å². The van der Waals surface area contributed by atoms with Gasteiger partial charge in [-0.05, 0) is 13.0 Å². The molecule has 1 unspecified atom stereocenters. The van der Waals surface area contributed by atoms with E-state index in [9.17, 15) is 4.79 Å². The van der Waals surface area contributed by atoms with E-state index >= 15 is 0 Å². The summed E-state index contributed by atoms with van der Waals surface area (Å²) in [5.41, 5.74) is 5.65. The molecule has 1 atom stereocenters. The van der Waals surface area contributed by atoms with Crippen LogP contribution in [-0.4, -0.2) is 29.7 Å². The summed E-state index contributed by atoms with van der Waals surface area (Å²) in [6, 6.07) is 3.51. The number of carbonyl (C=O) groups is 1. The van der Waals surface area contributed by atoms with Gasteiger partial charge in [0.2, 0.25) is 0 Å². The van der Waals surface area contributed by atoms with Gasteiger partial charge in [-0.1, -0.05) is 0 Å². The van der Waals surface area contributed by atoms with E-state index in [1.54, 1.807) is 18.9 Å². The van der Waals surface area contributed by atoms with Crippen LogP contribution in [0.25, 0.3) is 0 Å². The highest BCUT2D eigenvalue weighted by atomic mass is 16.4. The molecule has 0 aliphatic rings. The van der Waals surface area contributed by atoms with Gasteiger partial charge in [0.25, 0.3) is 0 Å². The largest absolute Gasteiger partial charge is 0.478 e. The minimum absolute atomic E-state index is 0.0199. The molecule has 1 aromatic heterocycles. The summed E-state index contributed by atoms with van der Waals surface area (Å²) in [5, 5.41) is 17.6. The summed E-state index contributed by atoms with van der Waals surface area (Å²) in [5.74, 6) is -0.765. The smallest absolute Gasteiger partial charge is 0.337 e. The predicted molar refractivity (Wildman–Crippen MR) is 63.7 cm³/mol. The minimum Gasteiger partial charge on any atom is -0.478 e. The molecule has 0 saturated heterocycles. The van der Waals surface area contributed by atoms with Crippen molar-refractivity contribution in [3.05, 3.63) is 17.8 Å². The lowest BCUT2D eigenvalue weighted by Crippen LogP contribution is -2.24. The van der Waals surface area contributed by atoms with Crippen molar-refractivity contribution in [2.75, 3.05) is 24.2 Å². The zero-order valence-corrected chi connectivity index (χ0v) is 9.71. The predicted octanol–water partition coefficient (Wildman–Crippen LogP) is 0.958. The number of nitrogen functional groups attached to an aromatic ring is 1. The Labute approximate surface area is 99.3 Å². The number of carboxylic acid groups (broad SMARTS) is 1. The number of aromatic nitrogens is 1. The molecule has 1 rings (SSSR count). The molecule has 0 amide bonds. The van der Waals surface area contributed by atoms with Crippen LogP contribution in [0.1, 0.15) is 17.3 Å². The lowest BCUT2D eigenvalue weighted by Gasteiger charge is -2.19. The maximum absolute atomic E-state index is 10.9. The number of pyridine rings is 1. The van der Waals surface area contributed by atoms with Crippen LogP contribution in [0, 0.1) is 17.2 Å². The molecule has 6 nitrogen and oxygen atoms in total. The highest BCUT2D eigenvalue weighted by Crippen LogP contribution is 2.17. The van der Waals surface area contributed by atoms with Crippen molar-refractivity contribution >= 4 is 17.5 Å². The number of carboxylic acids is 1. The molecule has 0 aromatic carbocycles. The van der Waals surface area contributed by atoms with Crippen molar-refractivity contribution in [1.29, 1.82) is 5.26 Å². The second-order valence-corrected chi connectivity index (χ2v) is 3.85. The third-order valence-electron chi connectivity index (χ3n) is 2.31. The van der Waals surface area contributed by atoms with Crippen LogP contribution in [0.5, 0.6) is 0 Å². The van der Waals surface area contributed by atoms with Crippen molar-refractivity contribution in [2.24, 2.45) is 5.92 Å². The molecule has 0 aliphatic heterocycles. The van der Waals surface area contributed by atoms with Crippen LogP contribution < -0.4 is 10.6 Å². The van der Waals surface area contributed by atoms with E-state index in [1.807, 2.05) is 0 Å². The average Bonchev–Trinajstić information content (AvgIpc) is 2.28. The Balaban J connectivity index is 2.96. The van der Waals surface area contributed by atoms with Gasteiger partial charge >= 0.3 is 5.97 Å². The Bertz CT molecular complexity index is 467. The number of rotatable bonds is 4. The van der Waals surface area contributed by atoms with Gasteiger partial charge in [-0.2, -0.15) is 5.26 Å². The van der Waals surface area contributed by atoms with Crippen LogP contribution in [0.15, 0.2) is 12.3 Å². The SMILES string of the molecule is CC(C#N)CN(C)c1cc(C(=O)O)c(N)cn1.